The summed E-state index contributed by atoms with van der Waals surface area (Å²) in [6.45, 7) is 1.31. The maximum atomic E-state index is 13.5. The highest BCUT2D eigenvalue weighted by Crippen LogP contribution is 2.32. The van der Waals surface area contributed by atoms with E-state index < -0.39 is 0 Å². The molecule has 0 aliphatic rings. The van der Waals surface area contributed by atoms with E-state index in [4.69, 9.17) is 9.72 Å². The largest absolute Gasteiger partial charge is 1.00 e. The molecule has 7 heteroatoms. The monoisotopic (exact) mass is 440 g/mol. The summed E-state index contributed by atoms with van der Waals surface area (Å²) in [7, 11) is 5.64. The number of halogens is 1. The predicted molar refractivity (Wildman–Crippen MR) is 120 cm³/mol. The molecular weight excluding hydrogens is 418 g/mol. The number of hydrogen-bond donors (Lipinski definition) is 0. The molecule has 3 aromatic carbocycles. The third-order valence-corrected chi connectivity index (χ3v) is 5.89. The number of carbonyl (C=O) groups is 1. The van der Waals surface area contributed by atoms with Gasteiger partial charge in [0.1, 0.15) is 5.75 Å². The first-order chi connectivity index (χ1) is 14.0. The van der Waals surface area contributed by atoms with Gasteiger partial charge >= 0.3 is 0 Å². The second-order valence-corrected chi connectivity index (χ2v) is 8.16. The van der Waals surface area contributed by atoms with Crippen LogP contribution in [0.25, 0.3) is 21.0 Å². The summed E-state index contributed by atoms with van der Waals surface area (Å²) >= 11 is 1.52. The van der Waals surface area contributed by atoms with Crippen LogP contribution in [0, 0.1) is 0 Å². The maximum absolute atomic E-state index is 13.5. The quantitative estimate of drug-likeness (QED) is 0.457. The molecule has 0 unspecified atom stereocenters. The molecule has 0 fully saturated rings. The lowest BCUT2D eigenvalue weighted by Crippen LogP contribution is -3.00. The molecule has 0 aliphatic heterocycles. The Morgan fingerprint density at radius 3 is 2.50 bits per heavy atom. The molecule has 1 heterocycles. The molecule has 0 bridgehead atoms. The Hall–Kier alpha value is -2.67. The topological polar surface area (TPSA) is 45.7 Å². The van der Waals surface area contributed by atoms with Crippen molar-refractivity contribution in [3.05, 3.63) is 66.2 Å². The lowest BCUT2D eigenvalue weighted by atomic mass is 10.1. The molecule has 0 saturated carbocycles. The van der Waals surface area contributed by atoms with Gasteiger partial charge in [-0.3, -0.25) is 9.69 Å². The summed E-state index contributed by atoms with van der Waals surface area (Å²) in [5.41, 5.74) is 1.50. The van der Waals surface area contributed by atoms with Crippen molar-refractivity contribution < 1.29 is 21.9 Å². The van der Waals surface area contributed by atoms with E-state index in [9.17, 15) is 4.79 Å². The van der Waals surface area contributed by atoms with Crippen LogP contribution in [-0.4, -0.2) is 50.1 Å². The molecular formula is C23H23ClN3O2S-. The summed E-state index contributed by atoms with van der Waals surface area (Å²) in [6, 6.07) is 19.7. The lowest BCUT2D eigenvalue weighted by Gasteiger charge is -2.22. The standard InChI is InChI=1S/C23H23N3O2S.ClH/c1-25(2)12-13-26(23-24-20-15-19(28-3)10-11-21(20)29-23)22(27)18-9-8-16-6-4-5-7-17(16)14-18;/h4-11,14-15H,12-13H2,1-3H3;1H/p-1. The smallest absolute Gasteiger partial charge is 0.260 e. The Labute approximate surface area is 186 Å². The molecule has 4 rings (SSSR count). The second-order valence-electron chi connectivity index (χ2n) is 7.15. The number of aromatic nitrogens is 1. The van der Waals surface area contributed by atoms with Crippen LogP contribution in [0.15, 0.2) is 60.7 Å². The number of benzene rings is 3. The average Bonchev–Trinajstić information content (AvgIpc) is 3.15. The van der Waals surface area contributed by atoms with Gasteiger partial charge in [-0.25, -0.2) is 4.98 Å². The van der Waals surface area contributed by atoms with E-state index in [0.717, 1.165) is 33.3 Å². The van der Waals surface area contributed by atoms with Crippen LogP contribution < -0.4 is 22.0 Å². The fourth-order valence-electron chi connectivity index (χ4n) is 3.20. The van der Waals surface area contributed by atoms with E-state index >= 15 is 0 Å². The summed E-state index contributed by atoms with van der Waals surface area (Å²) in [5, 5.41) is 2.88. The number of anilines is 1. The van der Waals surface area contributed by atoms with Crippen LogP contribution in [0.3, 0.4) is 0 Å². The highest BCUT2D eigenvalue weighted by molar-refractivity contribution is 7.22. The van der Waals surface area contributed by atoms with Crippen LogP contribution in [-0.2, 0) is 0 Å². The van der Waals surface area contributed by atoms with E-state index in [1.54, 1.807) is 12.0 Å². The molecule has 1 amide bonds. The number of ether oxygens (including phenoxy) is 1. The van der Waals surface area contributed by atoms with Crippen molar-refractivity contribution in [2.45, 2.75) is 0 Å². The van der Waals surface area contributed by atoms with Gasteiger partial charge in [0, 0.05) is 24.7 Å². The van der Waals surface area contributed by atoms with Gasteiger partial charge in [-0.05, 0) is 49.1 Å². The van der Waals surface area contributed by atoms with Crippen molar-refractivity contribution >= 4 is 43.4 Å². The van der Waals surface area contributed by atoms with Crippen molar-refractivity contribution in [2.75, 3.05) is 39.2 Å². The van der Waals surface area contributed by atoms with E-state index in [2.05, 4.69) is 4.90 Å². The molecule has 30 heavy (non-hydrogen) atoms. The summed E-state index contributed by atoms with van der Waals surface area (Å²) in [6.07, 6.45) is 0. The SMILES string of the molecule is COc1ccc2sc(N(CCN(C)C)C(=O)c3ccc4ccccc4c3)nc2c1.[Cl-]. The normalized spacial score (nSPS) is 10.9. The number of rotatable bonds is 6. The average molecular weight is 441 g/mol. The van der Waals surface area contributed by atoms with Crippen molar-refractivity contribution in [1.82, 2.24) is 9.88 Å². The van der Waals surface area contributed by atoms with Crippen molar-refractivity contribution in [3.8, 4) is 5.75 Å². The highest BCUT2D eigenvalue weighted by Gasteiger charge is 2.22. The van der Waals surface area contributed by atoms with Crippen LogP contribution in [0.2, 0.25) is 0 Å². The number of thiazole rings is 1. The fraction of sp³-hybridized carbons (Fsp3) is 0.217. The van der Waals surface area contributed by atoms with Gasteiger partial charge in [0.15, 0.2) is 5.13 Å². The van der Waals surface area contributed by atoms with Gasteiger partial charge in [0.2, 0.25) is 0 Å². The highest BCUT2D eigenvalue weighted by atomic mass is 35.5. The van der Waals surface area contributed by atoms with Crippen LogP contribution >= 0.6 is 11.3 Å². The first kappa shape index (κ1) is 22.0. The minimum Gasteiger partial charge on any atom is -1.00 e. The molecule has 156 valence electrons. The molecule has 0 saturated heterocycles. The number of fused-ring (bicyclic) bond motifs is 2. The Morgan fingerprint density at radius 1 is 1.00 bits per heavy atom. The van der Waals surface area contributed by atoms with E-state index in [0.29, 0.717) is 17.2 Å². The zero-order valence-corrected chi connectivity index (χ0v) is 18.7. The van der Waals surface area contributed by atoms with Gasteiger partial charge < -0.3 is 22.0 Å². The molecule has 0 radical (unpaired) electrons. The van der Waals surface area contributed by atoms with Crippen LogP contribution in [0.1, 0.15) is 10.4 Å². The fourth-order valence-corrected chi connectivity index (χ4v) is 4.17. The van der Waals surface area contributed by atoms with Gasteiger partial charge in [0.25, 0.3) is 5.91 Å². The summed E-state index contributed by atoms with van der Waals surface area (Å²) in [5.74, 6) is 0.721. The first-order valence-corrected chi connectivity index (χ1v) is 10.3. The number of amides is 1. The number of methoxy groups -OCH3 is 1. The van der Waals surface area contributed by atoms with E-state index in [-0.39, 0.29) is 18.3 Å². The van der Waals surface area contributed by atoms with Gasteiger partial charge in [0.05, 0.1) is 17.3 Å². The third kappa shape index (κ3) is 4.56. The summed E-state index contributed by atoms with van der Waals surface area (Å²) in [4.78, 5) is 22.0. The molecule has 0 atom stereocenters. The Kier molecular flexibility index (Phi) is 6.92. The lowest BCUT2D eigenvalue weighted by molar-refractivity contribution is -0.0000138. The maximum Gasteiger partial charge on any atom is 0.260 e. The molecule has 5 nitrogen and oxygen atoms in total. The zero-order chi connectivity index (χ0) is 20.4. The van der Waals surface area contributed by atoms with Crippen molar-refractivity contribution in [3.63, 3.8) is 0 Å². The zero-order valence-electron chi connectivity index (χ0n) is 17.1. The van der Waals surface area contributed by atoms with Crippen LogP contribution in [0.4, 0.5) is 5.13 Å². The van der Waals surface area contributed by atoms with E-state index in [1.807, 2.05) is 74.8 Å². The number of likely N-dealkylation sites (N-methyl/N-ethyl adjacent to an activating group) is 1. The van der Waals surface area contributed by atoms with Gasteiger partial charge in [-0.15, -0.1) is 0 Å². The molecule has 0 aliphatic carbocycles. The predicted octanol–water partition coefficient (Wildman–Crippen LogP) is 1.67. The number of nitrogens with zero attached hydrogens (tertiary/aromatic N) is 3. The van der Waals surface area contributed by atoms with Crippen molar-refractivity contribution in [2.24, 2.45) is 0 Å². The Morgan fingerprint density at radius 2 is 1.77 bits per heavy atom. The van der Waals surface area contributed by atoms with E-state index in [1.165, 1.54) is 11.3 Å². The first-order valence-electron chi connectivity index (χ1n) is 9.45. The molecule has 0 N–H and O–H groups in total. The Bertz CT molecular complexity index is 1180. The molecule has 4 aromatic rings. The summed E-state index contributed by atoms with van der Waals surface area (Å²) < 4.78 is 6.34. The minimum atomic E-state index is -0.0383. The number of carbonyl (C=O) groups excluding carboxylic acids is 1. The van der Waals surface area contributed by atoms with Gasteiger partial charge in [-0.1, -0.05) is 41.7 Å². The molecule has 0 spiro atoms. The minimum absolute atomic E-state index is 0. The van der Waals surface area contributed by atoms with Crippen molar-refractivity contribution in [1.29, 1.82) is 0 Å². The molecule has 1 aromatic heterocycles. The van der Waals surface area contributed by atoms with Gasteiger partial charge in [-0.2, -0.15) is 0 Å². The Balaban J connectivity index is 0.00000256. The van der Waals surface area contributed by atoms with Crippen LogP contribution in [0.5, 0.6) is 5.75 Å². The second kappa shape index (κ2) is 9.43. The number of hydrogen-bond acceptors (Lipinski definition) is 5. The third-order valence-electron chi connectivity index (χ3n) is 4.83.